The molecule has 0 spiro atoms. The first kappa shape index (κ1) is 27.2. The number of allylic oxidation sites excluding steroid dienone is 6. The van der Waals surface area contributed by atoms with Crippen LogP contribution < -0.4 is 4.74 Å². The van der Waals surface area contributed by atoms with Crippen LogP contribution in [0.15, 0.2) is 75.8 Å². The first-order valence-corrected chi connectivity index (χ1v) is 14.5. The second kappa shape index (κ2) is 10.4. The largest absolute Gasteiger partial charge is 0.508 e. The molecule has 2 aromatic rings. The lowest BCUT2D eigenvalue weighted by molar-refractivity contribution is -0.140. The maximum Gasteiger partial charge on any atom is 0.233 e. The van der Waals surface area contributed by atoms with Gasteiger partial charge in [-0.25, -0.2) is 0 Å². The van der Waals surface area contributed by atoms with Crippen LogP contribution in [0.3, 0.4) is 0 Å². The van der Waals surface area contributed by atoms with Crippen LogP contribution in [0.25, 0.3) is 0 Å². The number of benzene rings is 2. The standard InChI is InChI=1S/C32H28BrNO7/c1-2-41-25-5-3-4-19(30(25)38)26-18-10-11-20-27(21(18)14-22-28(26)24(36)15-23(33)29(22)37)32(40)34(31(20)39)13-12-16-6-8-17(35)9-7-16/h3-10,15,20-21,26-27,35,38H,2,11-14H2,1H3/t20-,21+,26+,27-/m0/s1. The summed E-state index contributed by atoms with van der Waals surface area (Å²) in [5.74, 6) is -3.37. The summed E-state index contributed by atoms with van der Waals surface area (Å²) in [5.41, 5.74) is 2.68. The molecule has 2 N–H and O–H groups in total. The number of ketones is 2. The maximum absolute atomic E-state index is 13.9. The second-order valence-corrected chi connectivity index (χ2v) is 11.6. The van der Waals surface area contributed by atoms with Crippen molar-refractivity contribution >= 4 is 39.3 Å². The van der Waals surface area contributed by atoms with Crippen molar-refractivity contribution in [2.75, 3.05) is 13.2 Å². The molecule has 0 saturated carbocycles. The Morgan fingerprint density at radius 3 is 2.49 bits per heavy atom. The number of Topliss-reactive ketones (excluding diaryl/α,β-unsaturated/α-hetero) is 1. The van der Waals surface area contributed by atoms with Crippen molar-refractivity contribution in [1.29, 1.82) is 0 Å². The fourth-order valence-corrected chi connectivity index (χ4v) is 7.24. The minimum Gasteiger partial charge on any atom is -0.508 e. The van der Waals surface area contributed by atoms with E-state index in [1.807, 2.05) is 6.08 Å². The van der Waals surface area contributed by atoms with Crippen LogP contribution in [0.2, 0.25) is 0 Å². The number of hydrogen-bond acceptors (Lipinski definition) is 7. The molecular formula is C32H28BrNO7. The van der Waals surface area contributed by atoms with Crippen molar-refractivity contribution in [2.45, 2.75) is 32.1 Å². The number of imide groups is 1. The molecule has 1 saturated heterocycles. The number of likely N-dealkylation sites (tertiary alicyclic amines) is 1. The molecule has 0 bridgehead atoms. The molecule has 4 atom stereocenters. The third-order valence-corrected chi connectivity index (χ3v) is 9.21. The normalized spacial score (nSPS) is 25.5. The monoisotopic (exact) mass is 617 g/mol. The molecule has 1 heterocycles. The lowest BCUT2D eigenvalue weighted by Gasteiger charge is -2.42. The van der Waals surface area contributed by atoms with E-state index in [9.17, 15) is 29.4 Å². The van der Waals surface area contributed by atoms with Gasteiger partial charge in [-0.05, 0) is 71.8 Å². The summed E-state index contributed by atoms with van der Waals surface area (Å²) in [7, 11) is 0. The number of carbonyl (C=O) groups is 4. The molecule has 210 valence electrons. The van der Waals surface area contributed by atoms with E-state index in [4.69, 9.17) is 4.74 Å². The zero-order valence-corrected chi connectivity index (χ0v) is 23.9. The Bertz CT molecular complexity index is 1590. The molecule has 41 heavy (non-hydrogen) atoms. The number of aromatic hydroxyl groups is 2. The number of halogens is 1. The summed E-state index contributed by atoms with van der Waals surface area (Å²) < 4.78 is 5.76. The number of nitrogens with zero attached hydrogens (tertiary/aromatic N) is 1. The Labute approximate surface area is 245 Å². The van der Waals surface area contributed by atoms with Crippen LogP contribution in [-0.4, -0.2) is 51.6 Å². The van der Waals surface area contributed by atoms with Gasteiger partial charge in [0.25, 0.3) is 0 Å². The number of para-hydroxylation sites is 1. The highest BCUT2D eigenvalue weighted by Crippen LogP contribution is 2.56. The van der Waals surface area contributed by atoms with Crippen molar-refractivity contribution in [2.24, 2.45) is 17.8 Å². The number of ether oxygens (including phenoxy) is 1. The zero-order valence-electron chi connectivity index (χ0n) is 22.3. The van der Waals surface area contributed by atoms with Crippen LogP contribution in [0.4, 0.5) is 0 Å². The summed E-state index contributed by atoms with van der Waals surface area (Å²) in [4.78, 5) is 55.5. The van der Waals surface area contributed by atoms with Gasteiger partial charge in [0.05, 0.1) is 22.9 Å². The fourth-order valence-electron chi connectivity index (χ4n) is 6.80. The third-order valence-electron chi connectivity index (χ3n) is 8.62. The van der Waals surface area contributed by atoms with Gasteiger partial charge in [-0.3, -0.25) is 24.1 Å². The van der Waals surface area contributed by atoms with Crippen LogP contribution in [0.5, 0.6) is 17.2 Å². The van der Waals surface area contributed by atoms with Gasteiger partial charge < -0.3 is 14.9 Å². The quantitative estimate of drug-likeness (QED) is 0.278. The van der Waals surface area contributed by atoms with E-state index in [1.54, 1.807) is 49.4 Å². The molecule has 4 aliphatic rings. The van der Waals surface area contributed by atoms with Gasteiger partial charge in [0.2, 0.25) is 11.8 Å². The molecule has 9 heteroatoms. The minimum absolute atomic E-state index is 0.118. The van der Waals surface area contributed by atoms with E-state index in [0.717, 1.165) is 11.1 Å². The summed E-state index contributed by atoms with van der Waals surface area (Å²) >= 11 is 3.23. The molecule has 1 aliphatic heterocycles. The van der Waals surface area contributed by atoms with Gasteiger partial charge in [-0.1, -0.05) is 35.9 Å². The molecule has 0 aromatic heterocycles. The lowest BCUT2D eigenvalue weighted by Crippen LogP contribution is -2.39. The zero-order chi connectivity index (χ0) is 29.0. The van der Waals surface area contributed by atoms with E-state index in [-0.39, 0.29) is 58.1 Å². The first-order chi connectivity index (χ1) is 19.7. The highest BCUT2D eigenvalue weighted by molar-refractivity contribution is 9.12. The van der Waals surface area contributed by atoms with Crippen molar-refractivity contribution in [1.82, 2.24) is 4.90 Å². The topological polar surface area (TPSA) is 121 Å². The first-order valence-electron chi connectivity index (χ1n) is 13.7. The minimum atomic E-state index is -0.757. The van der Waals surface area contributed by atoms with Crippen molar-refractivity contribution in [3.05, 3.63) is 86.9 Å². The number of hydrogen-bond donors (Lipinski definition) is 2. The van der Waals surface area contributed by atoms with Crippen LogP contribution in [0.1, 0.15) is 36.8 Å². The molecular weight excluding hydrogens is 590 g/mol. The predicted octanol–water partition coefficient (Wildman–Crippen LogP) is 4.50. The molecule has 8 nitrogen and oxygen atoms in total. The molecule has 3 aliphatic carbocycles. The van der Waals surface area contributed by atoms with Gasteiger partial charge in [-0.2, -0.15) is 0 Å². The van der Waals surface area contributed by atoms with Crippen LogP contribution >= 0.6 is 15.9 Å². The van der Waals surface area contributed by atoms with Gasteiger partial charge in [0.1, 0.15) is 5.75 Å². The molecule has 6 rings (SSSR count). The molecule has 2 aromatic carbocycles. The number of phenols is 2. The average molecular weight is 618 g/mol. The van der Waals surface area contributed by atoms with E-state index in [1.165, 1.54) is 11.0 Å². The Kier molecular flexibility index (Phi) is 6.93. The molecule has 0 radical (unpaired) electrons. The van der Waals surface area contributed by atoms with E-state index in [0.29, 0.717) is 36.2 Å². The summed E-state index contributed by atoms with van der Waals surface area (Å²) in [5, 5.41) is 20.8. The lowest BCUT2D eigenvalue weighted by atomic mass is 9.59. The van der Waals surface area contributed by atoms with Crippen LogP contribution in [0, 0.1) is 17.8 Å². The summed E-state index contributed by atoms with van der Waals surface area (Å²) in [6.07, 6.45) is 4.11. The van der Waals surface area contributed by atoms with Crippen molar-refractivity contribution < 1.29 is 34.1 Å². The predicted molar refractivity (Wildman–Crippen MR) is 152 cm³/mol. The van der Waals surface area contributed by atoms with Crippen molar-refractivity contribution in [3.8, 4) is 17.2 Å². The fraction of sp³-hybridized carbons (Fsp3) is 0.312. The van der Waals surface area contributed by atoms with Gasteiger partial charge in [0.15, 0.2) is 23.1 Å². The highest BCUT2D eigenvalue weighted by Gasteiger charge is 2.56. The number of amides is 2. The third kappa shape index (κ3) is 4.43. The smallest absolute Gasteiger partial charge is 0.233 e. The SMILES string of the molecule is CCOc1cccc([C@H]2C3=CC[C@@H]4C(=O)N(CCc5ccc(O)cc5)C(=O)[C@@H]4[C@@H]3CC3=C2C(=O)C=C(Br)C3=O)c1O. The van der Waals surface area contributed by atoms with Gasteiger partial charge in [0, 0.05) is 35.2 Å². The van der Waals surface area contributed by atoms with E-state index < -0.39 is 23.7 Å². The maximum atomic E-state index is 13.9. The highest BCUT2D eigenvalue weighted by atomic mass is 79.9. The average Bonchev–Trinajstić information content (AvgIpc) is 3.20. The number of phenolic OH excluding ortho intramolecular Hbond substituents is 2. The van der Waals surface area contributed by atoms with Crippen molar-refractivity contribution in [3.63, 3.8) is 0 Å². The second-order valence-electron chi connectivity index (χ2n) is 10.8. The Morgan fingerprint density at radius 2 is 1.76 bits per heavy atom. The number of rotatable bonds is 6. The Balaban J connectivity index is 1.40. The number of fused-ring (bicyclic) bond motifs is 3. The van der Waals surface area contributed by atoms with Gasteiger partial charge in [-0.15, -0.1) is 0 Å². The molecule has 0 unspecified atom stereocenters. The number of carbonyl (C=O) groups excluding carboxylic acids is 4. The summed E-state index contributed by atoms with van der Waals surface area (Å²) in [6, 6.07) is 11.7. The Morgan fingerprint density at radius 1 is 1.00 bits per heavy atom. The van der Waals surface area contributed by atoms with E-state index >= 15 is 0 Å². The molecule has 2 amide bonds. The van der Waals surface area contributed by atoms with E-state index in [2.05, 4.69) is 15.9 Å². The summed E-state index contributed by atoms with van der Waals surface area (Å²) in [6.45, 7) is 2.33. The van der Waals surface area contributed by atoms with Crippen LogP contribution in [-0.2, 0) is 25.6 Å². The van der Waals surface area contributed by atoms with Gasteiger partial charge >= 0.3 is 0 Å². The molecule has 1 fully saturated rings. The Hall–Kier alpha value is -3.98.